The molecule has 2 aromatic rings. The quantitative estimate of drug-likeness (QED) is 0.829. The summed E-state index contributed by atoms with van der Waals surface area (Å²) in [5, 5.41) is 0.934. The highest BCUT2D eigenvalue weighted by Crippen LogP contribution is 2.41. The van der Waals surface area contributed by atoms with Crippen LogP contribution in [-0.2, 0) is 0 Å². The lowest BCUT2D eigenvalue weighted by Crippen LogP contribution is -2.04. The second-order valence-electron chi connectivity index (χ2n) is 4.53. The maximum Gasteiger partial charge on any atom is 0.196 e. The van der Waals surface area contributed by atoms with Crippen molar-refractivity contribution in [1.29, 1.82) is 0 Å². The lowest BCUT2D eigenvalue weighted by atomic mass is 10.0. The Kier molecular flexibility index (Phi) is 2.92. The normalized spacial score (nSPS) is 14.8. The zero-order valence-electron chi connectivity index (χ0n) is 9.54. The van der Waals surface area contributed by atoms with Crippen LogP contribution in [0, 0.1) is 0 Å². The molecule has 0 unspecified atom stereocenters. The minimum Gasteiger partial charge on any atom is -0.364 e. The van der Waals surface area contributed by atoms with Crippen LogP contribution in [0.3, 0.4) is 0 Å². The van der Waals surface area contributed by atoms with Crippen LogP contribution in [0.5, 0.6) is 0 Å². The summed E-state index contributed by atoms with van der Waals surface area (Å²) in [4.78, 5) is 15.6. The number of carbonyl (C=O) groups is 1. The molecular formula is C14H11Cl2NO. The van der Waals surface area contributed by atoms with Gasteiger partial charge in [-0.15, -0.1) is 0 Å². The summed E-state index contributed by atoms with van der Waals surface area (Å²) in [6.45, 7) is 0. The number of aromatic amines is 1. The first-order valence-electron chi connectivity index (χ1n) is 5.84. The molecule has 0 atom stereocenters. The zero-order valence-corrected chi connectivity index (χ0v) is 11.1. The first-order valence-corrected chi connectivity index (χ1v) is 6.59. The summed E-state index contributed by atoms with van der Waals surface area (Å²) in [5.41, 5.74) is 2.26. The van der Waals surface area contributed by atoms with Crippen LogP contribution in [0.1, 0.15) is 40.4 Å². The Morgan fingerprint density at radius 2 is 1.94 bits per heavy atom. The number of rotatable bonds is 3. The van der Waals surface area contributed by atoms with Crippen molar-refractivity contribution < 1.29 is 4.79 Å². The first-order chi connectivity index (χ1) is 8.66. The average molecular weight is 280 g/mol. The molecule has 1 heterocycles. The van der Waals surface area contributed by atoms with Gasteiger partial charge in [-0.05, 0) is 43.0 Å². The van der Waals surface area contributed by atoms with E-state index in [1.165, 1.54) is 0 Å². The first kappa shape index (κ1) is 11.8. The highest BCUT2D eigenvalue weighted by Gasteiger charge is 2.29. The van der Waals surface area contributed by atoms with E-state index in [-0.39, 0.29) is 5.78 Å². The third-order valence-corrected chi connectivity index (χ3v) is 3.73. The number of H-pyrrole nitrogens is 1. The van der Waals surface area contributed by atoms with Crippen molar-refractivity contribution >= 4 is 29.0 Å². The largest absolute Gasteiger partial charge is 0.364 e. The summed E-state index contributed by atoms with van der Waals surface area (Å²) in [5.74, 6) is 0.463. The number of carbonyl (C=O) groups excluding carboxylic acids is 1. The molecule has 92 valence electrons. The van der Waals surface area contributed by atoms with Crippen LogP contribution in [0.2, 0.25) is 10.0 Å². The van der Waals surface area contributed by atoms with Crippen molar-refractivity contribution in [2.45, 2.75) is 18.8 Å². The van der Waals surface area contributed by atoms with Crippen LogP contribution in [0.15, 0.2) is 30.5 Å². The molecule has 0 radical (unpaired) electrons. The van der Waals surface area contributed by atoms with E-state index in [2.05, 4.69) is 4.98 Å². The predicted molar refractivity (Wildman–Crippen MR) is 72.7 cm³/mol. The maximum atomic E-state index is 12.4. The Bertz CT molecular complexity index is 614. The minimum atomic E-state index is -0.0418. The van der Waals surface area contributed by atoms with Gasteiger partial charge in [0.2, 0.25) is 0 Å². The number of aromatic nitrogens is 1. The van der Waals surface area contributed by atoms with Crippen LogP contribution < -0.4 is 0 Å². The molecule has 0 spiro atoms. The fraction of sp³-hybridized carbons (Fsp3) is 0.214. The Hall–Kier alpha value is -1.25. The molecular weight excluding hydrogens is 269 g/mol. The van der Waals surface area contributed by atoms with Gasteiger partial charge in [0.1, 0.15) is 0 Å². The fourth-order valence-electron chi connectivity index (χ4n) is 2.11. The molecule has 1 aliphatic carbocycles. The Balaban J connectivity index is 2.00. The third-order valence-electron chi connectivity index (χ3n) is 3.18. The molecule has 0 aliphatic heterocycles. The lowest BCUT2D eigenvalue weighted by Gasteiger charge is -2.05. The van der Waals surface area contributed by atoms with E-state index in [1.54, 1.807) is 18.2 Å². The molecule has 18 heavy (non-hydrogen) atoms. The maximum absolute atomic E-state index is 12.4. The second kappa shape index (κ2) is 4.45. The van der Waals surface area contributed by atoms with Gasteiger partial charge in [-0.25, -0.2) is 0 Å². The Labute approximate surface area is 115 Å². The van der Waals surface area contributed by atoms with Crippen molar-refractivity contribution in [3.8, 4) is 0 Å². The monoisotopic (exact) mass is 279 g/mol. The van der Waals surface area contributed by atoms with Crippen LogP contribution in [0.4, 0.5) is 0 Å². The van der Waals surface area contributed by atoms with Gasteiger partial charge >= 0.3 is 0 Å². The fourth-order valence-corrected chi connectivity index (χ4v) is 2.60. The molecule has 0 amide bonds. The topological polar surface area (TPSA) is 32.9 Å². The highest BCUT2D eigenvalue weighted by molar-refractivity contribution is 6.37. The van der Waals surface area contributed by atoms with Crippen molar-refractivity contribution in [2.75, 3.05) is 0 Å². The van der Waals surface area contributed by atoms with E-state index < -0.39 is 0 Å². The highest BCUT2D eigenvalue weighted by atomic mass is 35.5. The van der Waals surface area contributed by atoms with Gasteiger partial charge in [0.25, 0.3) is 0 Å². The summed E-state index contributed by atoms with van der Waals surface area (Å²) in [7, 11) is 0. The third kappa shape index (κ3) is 2.06. The zero-order chi connectivity index (χ0) is 12.7. The van der Waals surface area contributed by atoms with Gasteiger partial charge in [0.05, 0.1) is 5.02 Å². The average Bonchev–Trinajstić information content (AvgIpc) is 3.06. The molecule has 3 rings (SSSR count). The van der Waals surface area contributed by atoms with Gasteiger partial charge in [0.15, 0.2) is 5.78 Å². The van der Waals surface area contributed by atoms with Gasteiger partial charge in [-0.2, -0.15) is 0 Å². The summed E-state index contributed by atoms with van der Waals surface area (Å²) >= 11 is 11.9. The van der Waals surface area contributed by atoms with E-state index in [0.717, 1.165) is 24.1 Å². The second-order valence-corrected chi connectivity index (χ2v) is 5.38. The van der Waals surface area contributed by atoms with Gasteiger partial charge in [-0.3, -0.25) is 4.79 Å². The van der Waals surface area contributed by atoms with E-state index in [4.69, 9.17) is 23.2 Å². The number of nitrogens with one attached hydrogen (secondary N) is 1. The summed E-state index contributed by atoms with van der Waals surface area (Å²) in [6.07, 6.45) is 4.11. The molecule has 2 nitrogen and oxygen atoms in total. The number of hydrogen-bond acceptors (Lipinski definition) is 1. The van der Waals surface area contributed by atoms with E-state index >= 15 is 0 Å². The summed E-state index contributed by atoms with van der Waals surface area (Å²) in [6, 6.07) is 6.78. The molecule has 1 aromatic heterocycles. The number of halogens is 2. The molecule has 1 aromatic carbocycles. The smallest absolute Gasteiger partial charge is 0.196 e. The number of ketones is 1. The number of hydrogen-bond donors (Lipinski definition) is 1. The Morgan fingerprint density at radius 3 is 2.61 bits per heavy atom. The van der Waals surface area contributed by atoms with E-state index in [0.29, 0.717) is 21.5 Å². The molecule has 1 aliphatic rings. The van der Waals surface area contributed by atoms with Crippen molar-refractivity contribution in [1.82, 2.24) is 4.98 Å². The van der Waals surface area contributed by atoms with Gasteiger partial charge in [-0.1, -0.05) is 23.2 Å². The predicted octanol–water partition coefficient (Wildman–Crippen LogP) is 4.43. The van der Waals surface area contributed by atoms with Crippen LogP contribution in [-0.4, -0.2) is 10.8 Å². The lowest BCUT2D eigenvalue weighted by molar-refractivity contribution is 0.103. The van der Waals surface area contributed by atoms with Crippen LogP contribution in [0.25, 0.3) is 0 Å². The van der Waals surface area contributed by atoms with E-state index in [1.807, 2.05) is 12.3 Å². The summed E-state index contributed by atoms with van der Waals surface area (Å²) < 4.78 is 0. The van der Waals surface area contributed by atoms with Crippen LogP contribution >= 0.6 is 23.2 Å². The van der Waals surface area contributed by atoms with Crippen molar-refractivity contribution in [2.24, 2.45) is 0 Å². The molecule has 4 heteroatoms. The molecule has 1 saturated carbocycles. The Morgan fingerprint density at radius 1 is 1.17 bits per heavy atom. The van der Waals surface area contributed by atoms with Crippen molar-refractivity contribution in [3.63, 3.8) is 0 Å². The number of benzene rings is 1. The van der Waals surface area contributed by atoms with Gasteiger partial charge < -0.3 is 4.98 Å². The molecule has 1 N–H and O–H groups in total. The minimum absolute atomic E-state index is 0.0418. The van der Waals surface area contributed by atoms with Gasteiger partial charge in [0, 0.05) is 28.0 Å². The SMILES string of the molecule is O=C(c1ccc(Cl)cc1Cl)c1cc[nH]c1C1CC1. The molecule has 1 fully saturated rings. The van der Waals surface area contributed by atoms with Crippen molar-refractivity contribution in [3.05, 3.63) is 57.3 Å². The molecule has 0 bridgehead atoms. The molecule has 0 saturated heterocycles. The van der Waals surface area contributed by atoms with E-state index in [9.17, 15) is 4.79 Å². The standard InChI is InChI=1S/C14H11Cl2NO/c15-9-3-4-10(12(16)7-9)14(18)11-5-6-17-13(11)8-1-2-8/h3-8,17H,1-2H2.